The van der Waals surface area contributed by atoms with Gasteiger partial charge in [0.05, 0.1) is 11.3 Å². The van der Waals surface area contributed by atoms with Crippen molar-refractivity contribution in [3.8, 4) is 5.75 Å². The van der Waals surface area contributed by atoms with E-state index in [4.69, 9.17) is 14.6 Å². The van der Waals surface area contributed by atoms with E-state index in [2.05, 4.69) is 0 Å². The molecule has 0 unspecified atom stereocenters. The van der Waals surface area contributed by atoms with Gasteiger partial charge in [-0.1, -0.05) is 12.1 Å². The molecule has 1 N–H and O–H groups in total. The molecule has 2 rings (SSSR count). The van der Waals surface area contributed by atoms with Crippen LogP contribution in [0.5, 0.6) is 5.75 Å². The number of anilines is 1. The fraction of sp³-hybridized carbons (Fsp3) is 0.222. The van der Waals surface area contributed by atoms with Crippen LogP contribution in [0, 0.1) is 5.82 Å². The number of aromatic carboxylic acids is 1. The first-order valence-electron chi connectivity index (χ1n) is 7.36. The number of carboxylic acids is 1. The average molecular weight is 347 g/mol. The third-order valence-corrected chi connectivity index (χ3v) is 3.52. The lowest BCUT2D eigenvalue weighted by Crippen LogP contribution is -2.16. The van der Waals surface area contributed by atoms with E-state index >= 15 is 0 Å². The molecule has 2 aromatic carbocycles. The highest BCUT2D eigenvalue weighted by Gasteiger charge is 2.23. The van der Waals surface area contributed by atoms with Gasteiger partial charge in [0.1, 0.15) is 11.3 Å². The van der Waals surface area contributed by atoms with Crippen LogP contribution in [0.4, 0.5) is 10.1 Å². The molecule has 0 aliphatic rings. The van der Waals surface area contributed by atoms with Crippen molar-refractivity contribution in [3.05, 3.63) is 58.9 Å². The van der Waals surface area contributed by atoms with Crippen LogP contribution in [0.2, 0.25) is 0 Å². The molecule has 0 bridgehead atoms. The Kier molecular flexibility index (Phi) is 5.71. The number of carbonyl (C=O) groups excluding carboxylic acids is 1. The van der Waals surface area contributed by atoms with E-state index in [9.17, 15) is 14.0 Å². The van der Waals surface area contributed by atoms with Gasteiger partial charge in [-0.15, -0.1) is 0 Å². The van der Waals surface area contributed by atoms with Gasteiger partial charge >= 0.3 is 5.97 Å². The molecule has 6 nitrogen and oxygen atoms in total. The Labute approximate surface area is 144 Å². The van der Waals surface area contributed by atoms with Crippen LogP contribution in [0.1, 0.15) is 26.3 Å². The third-order valence-electron chi connectivity index (χ3n) is 3.52. The summed E-state index contributed by atoms with van der Waals surface area (Å²) in [6.07, 6.45) is 0. The van der Waals surface area contributed by atoms with Crippen LogP contribution in [0.25, 0.3) is 0 Å². The van der Waals surface area contributed by atoms with Gasteiger partial charge in [-0.3, -0.25) is 4.79 Å². The Morgan fingerprint density at radius 3 is 2.20 bits per heavy atom. The second kappa shape index (κ2) is 7.76. The van der Waals surface area contributed by atoms with Crippen LogP contribution in [0.15, 0.2) is 36.4 Å². The summed E-state index contributed by atoms with van der Waals surface area (Å²) < 4.78 is 25.0. The van der Waals surface area contributed by atoms with Gasteiger partial charge in [-0.25, -0.2) is 9.18 Å². The van der Waals surface area contributed by atoms with Gasteiger partial charge < -0.3 is 19.5 Å². The summed E-state index contributed by atoms with van der Waals surface area (Å²) in [5, 5.41) is 8.93. The smallest absolute Gasteiger partial charge is 0.335 e. The van der Waals surface area contributed by atoms with E-state index in [1.807, 2.05) is 0 Å². The monoisotopic (exact) mass is 347 g/mol. The van der Waals surface area contributed by atoms with Gasteiger partial charge in [-0.05, 0) is 24.3 Å². The highest BCUT2D eigenvalue weighted by Crippen LogP contribution is 2.31. The van der Waals surface area contributed by atoms with Crippen molar-refractivity contribution in [2.45, 2.75) is 0 Å². The maximum Gasteiger partial charge on any atom is 0.335 e. The molecule has 132 valence electrons. The first-order valence-corrected chi connectivity index (χ1v) is 7.36. The third kappa shape index (κ3) is 3.95. The molecule has 0 atom stereocenters. The van der Waals surface area contributed by atoms with Crippen molar-refractivity contribution in [1.29, 1.82) is 0 Å². The first kappa shape index (κ1) is 18.4. The average Bonchev–Trinajstić information content (AvgIpc) is 2.59. The maximum atomic E-state index is 14.9. The van der Waals surface area contributed by atoms with Crippen LogP contribution >= 0.6 is 0 Å². The lowest BCUT2D eigenvalue weighted by Gasteiger charge is -2.18. The fourth-order valence-corrected chi connectivity index (χ4v) is 2.26. The van der Waals surface area contributed by atoms with E-state index in [1.54, 1.807) is 19.0 Å². The molecule has 2 aromatic rings. The van der Waals surface area contributed by atoms with Crippen LogP contribution in [0.3, 0.4) is 0 Å². The molecule has 0 radical (unpaired) electrons. The number of carboxylic acid groups (broad SMARTS) is 1. The minimum Gasteiger partial charge on any atom is -0.478 e. The number of halogens is 1. The largest absolute Gasteiger partial charge is 0.478 e. The molecule has 0 fully saturated rings. The lowest BCUT2D eigenvalue weighted by atomic mass is 9.99. The normalized spacial score (nSPS) is 10.4. The van der Waals surface area contributed by atoms with Crippen LogP contribution < -0.4 is 9.64 Å². The van der Waals surface area contributed by atoms with E-state index in [0.717, 1.165) is 0 Å². The fourth-order valence-electron chi connectivity index (χ4n) is 2.26. The molecule has 0 aliphatic carbocycles. The quantitative estimate of drug-likeness (QED) is 0.613. The van der Waals surface area contributed by atoms with Crippen molar-refractivity contribution in [2.75, 3.05) is 32.9 Å². The molecule has 0 aliphatic heterocycles. The van der Waals surface area contributed by atoms with Crippen molar-refractivity contribution in [2.24, 2.45) is 0 Å². The first-order chi connectivity index (χ1) is 11.9. The van der Waals surface area contributed by atoms with Gasteiger partial charge in [0.2, 0.25) is 0 Å². The second-order valence-electron chi connectivity index (χ2n) is 5.43. The van der Waals surface area contributed by atoms with E-state index < -0.39 is 17.6 Å². The standard InChI is InChI=1S/C18H18FNO5/c1-20(2)13-8-9-14(25-10-24-3)15(16(13)19)17(21)11-4-6-12(7-5-11)18(22)23/h4-9H,10H2,1-3H3,(H,22,23). The molecule has 0 aromatic heterocycles. The maximum absolute atomic E-state index is 14.9. The van der Waals surface area contributed by atoms with E-state index in [-0.39, 0.29) is 34.9 Å². The Morgan fingerprint density at radius 1 is 1.08 bits per heavy atom. The van der Waals surface area contributed by atoms with Gasteiger partial charge in [0.15, 0.2) is 18.4 Å². The Balaban J connectivity index is 2.51. The van der Waals surface area contributed by atoms with Crippen molar-refractivity contribution < 1.29 is 28.6 Å². The SMILES string of the molecule is COCOc1ccc(N(C)C)c(F)c1C(=O)c1ccc(C(=O)O)cc1. The molecule has 0 spiro atoms. The minimum absolute atomic E-state index is 0.0370. The van der Waals surface area contributed by atoms with E-state index in [0.29, 0.717) is 0 Å². The van der Waals surface area contributed by atoms with Gasteiger partial charge in [0, 0.05) is 26.8 Å². The summed E-state index contributed by atoms with van der Waals surface area (Å²) in [6.45, 7) is -0.140. The summed E-state index contributed by atoms with van der Waals surface area (Å²) in [5.41, 5.74) is 0.193. The van der Waals surface area contributed by atoms with Gasteiger partial charge in [0.25, 0.3) is 0 Å². The summed E-state index contributed by atoms with van der Waals surface area (Å²) >= 11 is 0. The minimum atomic E-state index is -1.11. The topological polar surface area (TPSA) is 76.1 Å². The predicted molar refractivity (Wildman–Crippen MR) is 90.1 cm³/mol. The number of rotatable bonds is 7. The van der Waals surface area contributed by atoms with E-state index in [1.165, 1.54) is 43.5 Å². The Bertz CT molecular complexity index is 787. The number of hydrogen-bond acceptors (Lipinski definition) is 5. The zero-order chi connectivity index (χ0) is 18.6. The second-order valence-corrected chi connectivity index (χ2v) is 5.43. The van der Waals surface area contributed by atoms with Crippen molar-refractivity contribution in [3.63, 3.8) is 0 Å². The van der Waals surface area contributed by atoms with Crippen LogP contribution in [-0.2, 0) is 4.74 Å². The number of carbonyl (C=O) groups is 2. The van der Waals surface area contributed by atoms with Crippen LogP contribution in [-0.4, -0.2) is 44.9 Å². The number of hydrogen-bond donors (Lipinski definition) is 1. The number of ether oxygens (including phenoxy) is 2. The highest BCUT2D eigenvalue weighted by molar-refractivity contribution is 6.11. The molecule has 0 heterocycles. The molecule has 0 saturated heterocycles. The zero-order valence-electron chi connectivity index (χ0n) is 14.1. The zero-order valence-corrected chi connectivity index (χ0v) is 14.1. The molecule has 25 heavy (non-hydrogen) atoms. The molecule has 0 saturated carbocycles. The highest BCUT2D eigenvalue weighted by atomic mass is 19.1. The van der Waals surface area contributed by atoms with Gasteiger partial charge in [-0.2, -0.15) is 0 Å². The molecular formula is C18H18FNO5. The van der Waals surface area contributed by atoms with Crippen molar-refractivity contribution >= 4 is 17.4 Å². The summed E-state index contributed by atoms with van der Waals surface area (Å²) in [5.74, 6) is -2.38. The number of methoxy groups -OCH3 is 1. The van der Waals surface area contributed by atoms with Crippen molar-refractivity contribution in [1.82, 2.24) is 0 Å². The number of ketones is 1. The lowest BCUT2D eigenvalue weighted by molar-refractivity contribution is 0.0500. The number of nitrogens with zero attached hydrogens (tertiary/aromatic N) is 1. The summed E-state index contributed by atoms with van der Waals surface area (Å²) in [7, 11) is 4.73. The number of benzene rings is 2. The molecular weight excluding hydrogens is 329 g/mol. The Hall–Kier alpha value is -2.93. The predicted octanol–water partition coefficient (Wildman–Crippen LogP) is 2.80. The summed E-state index contributed by atoms with van der Waals surface area (Å²) in [4.78, 5) is 25.2. The molecule has 0 amide bonds. The summed E-state index contributed by atoms with van der Waals surface area (Å²) in [6, 6.07) is 8.26. The Morgan fingerprint density at radius 2 is 1.68 bits per heavy atom. The molecule has 7 heteroatoms.